The summed E-state index contributed by atoms with van der Waals surface area (Å²) in [5.74, 6) is 0.899. The first kappa shape index (κ1) is 9.78. The van der Waals surface area contributed by atoms with Gasteiger partial charge in [0.25, 0.3) is 5.82 Å². The molecule has 0 unspecified atom stereocenters. The summed E-state index contributed by atoms with van der Waals surface area (Å²) in [7, 11) is 1.98. The topological polar surface area (TPSA) is 8.81 Å². The smallest absolute Gasteiger partial charge is 0.226 e. The summed E-state index contributed by atoms with van der Waals surface area (Å²) in [5.41, 5.74) is 4.19. The van der Waals surface area contributed by atoms with Gasteiger partial charge in [-0.1, -0.05) is 29.8 Å². The van der Waals surface area contributed by atoms with Crippen molar-refractivity contribution in [3.05, 3.63) is 53.6 Å². The molecule has 0 fully saturated rings. The molecule has 0 aliphatic heterocycles. The van der Waals surface area contributed by atoms with Crippen LogP contribution in [0.5, 0.6) is 0 Å². The van der Waals surface area contributed by atoms with Crippen LogP contribution in [-0.4, -0.2) is 4.57 Å². The summed E-state index contributed by atoms with van der Waals surface area (Å²) in [6.07, 6.45) is 0. The summed E-state index contributed by atoms with van der Waals surface area (Å²) >= 11 is 0. The van der Waals surface area contributed by atoms with Crippen LogP contribution in [0.25, 0.3) is 22.4 Å². The fraction of sp³-hybridized carbons (Fsp3) is 0.316. The van der Waals surface area contributed by atoms with Gasteiger partial charge in [0, 0.05) is 4.11 Å². The van der Waals surface area contributed by atoms with Crippen LogP contribution in [0.3, 0.4) is 0 Å². The minimum Gasteiger partial charge on any atom is -0.226 e. The number of aryl methyl sites for hydroxylation is 3. The lowest BCUT2D eigenvalue weighted by molar-refractivity contribution is -0.681. The molecule has 0 spiro atoms. The predicted octanol–water partition coefficient (Wildman–Crippen LogP) is 4.33. The van der Waals surface area contributed by atoms with E-state index in [4.69, 9.17) is 5.48 Å². The maximum absolute atomic E-state index is 8.63. The maximum atomic E-state index is 8.63. The first-order chi connectivity index (χ1) is 11.5. The Kier molecular flexibility index (Phi) is 2.34. The van der Waals surface area contributed by atoms with Gasteiger partial charge < -0.3 is 0 Å². The second-order valence-corrected chi connectivity index (χ2v) is 5.68. The first-order valence-electron chi connectivity index (χ1n) is 9.13. The third-order valence-corrected chi connectivity index (χ3v) is 3.93. The predicted molar refractivity (Wildman–Crippen MR) is 88.4 cm³/mol. The maximum Gasteiger partial charge on any atom is 0.290 e. The Labute approximate surface area is 132 Å². The number of benzene rings is 2. The molecule has 3 aromatic rings. The van der Waals surface area contributed by atoms with Gasteiger partial charge in [-0.3, -0.25) is 0 Å². The highest BCUT2D eigenvalue weighted by atomic mass is 15.2. The number of aromatic nitrogens is 2. The van der Waals surface area contributed by atoms with E-state index in [1.165, 1.54) is 0 Å². The molecule has 0 atom stereocenters. The zero-order valence-corrected chi connectivity index (χ0v) is 12.9. The van der Waals surface area contributed by atoms with E-state index in [0.29, 0.717) is 5.56 Å². The molecule has 0 aliphatic rings. The molecule has 0 amide bonds. The first-order valence-corrected chi connectivity index (χ1v) is 7.13. The van der Waals surface area contributed by atoms with Gasteiger partial charge >= 0.3 is 0 Å². The Bertz CT molecular complexity index is 946. The molecule has 0 saturated heterocycles. The zero-order chi connectivity index (χ0) is 18.6. The standard InChI is InChI=1S/C19H23N2/c1-13(2)21-18-9-7-6-8-17(18)20(5)19(21)16-11-10-14(3)12-15(16)4/h6-13H,1-5H3/q+1/i3D3,13D. The van der Waals surface area contributed by atoms with Crippen LogP contribution in [-0.2, 0) is 7.05 Å². The second-order valence-electron chi connectivity index (χ2n) is 5.68. The molecule has 0 saturated carbocycles. The highest BCUT2D eigenvalue weighted by molar-refractivity contribution is 5.76. The van der Waals surface area contributed by atoms with Gasteiger partial charge in [-0.2, -0.15) is 0 Å². The lowest BCUT2D eigenvalue weighted by Gasteiger charge is -2.09. The lowest BCUT2D eigenvalue weighted by atomic mass is 10.0. The van der Waals surface area contributed by atoms with E-state index in [0.717, 1.165) is 28.0 Å². The van der Waals surface area contributed by atoms with E-state index >= 15 is 0 Å². The second kappa shape index (κ2) is 5.03. The molecular formula is C19H23N2+. The Morgan fingerprint density at radius 1 is 1.19 bits per heavy atom. The molecule has 0 bridgehead atoms. The van der Waals surface area contributed by atoms with Crippen molar-refractivity contribution in [1.29, 1.82) is 0 Å². The average molecular weight is 283 g/mol. The average Bonchev–Trinajstić information content (AvgIpc) is 2.80. The minimum atomic E-state index is -2.12. The zero-order valence-electron chi connectivity index (χ0n) is 16.9. The summed E-state index contributed by atoms with van der Waals surface area (Å²) in [4.78, 5) is 0. The van der Waals surface area contributed by atoms with Gasteiger partial charge in [0.15, 0.2) is 11.0 Å². The molecule has 0 N–H and O–H groups in total. The van der Waals surface area contributed by atoms with E-state index in [2.05, 4.69) is 4.57 Å². The van der Waals surface area contributed by atoms with Crippen LogP contribution in [0.4, 0.5) is 0 Å². The molecule has 0 radical (unpaired) electrons. The van der Waals surface area contributed by atoms with Crippen molar-refractivity contribution < 1.29 is 10.1 Å². The van der Waals surface area contributed by atoms with Gasteiger partial charge in [0.1, 0.15) is 0 Å². The third kappa shape index (κ3) is 2.15. The van der Waals surface area contributed by atoms with Gasteiger partial charge in [0.05, 0.1) is 20.0 Å². The summed E-state index contributed by atoms with van der Waals surface area (Å²) in [5, 5.41) is 0. The highest BCUT2D eigenvalue weighted by Crippen LogP contribution is 2.27. The Morgan fingerprint density at radius 2 is 1.95 bits per heavy atom. The van der Waals surface area contributed by atoms with Gasteiger partial charge in [-0.25, -0.2) is 9.13 Å². The normalized spacial score (nSPS) is 15.4. The SMILES string of the molecule is [2H]C([2H])([2H])c1ccc(-c2n(C)c3ccccc3[n+]2C([2H])(C)C)c(C)c1. The van der Waals surface area contributed by atoms with Crippen molar-refractivity contribution in [2.45, 2.75) is 33.6 Å². The summed E-state index contributed by atoms with van der Waals surface area (Å²) in [6.45, 7) is 3.51. The van der Waals surface area contributed by atoms with E-state index in [9.17, 15) is 0 Å². The van der Waals surface area contributed by atoms with Crippen molar-refractivity contribution in [3.63, 3.8) is 0 Å². The van der Waals surface area contributed by atoms with Crippen LogP contribution < -0.4 is 4.57 Å². The highest BCUT2D eigenvalue weighted by Gasteiger charge is 2.26. The monoisotopic (exact) mass is 283 g/mol. The fourth-order valence-electron chi connectivity index (χ4n) is 2.98. The van der Waals surface area contributed by atoms with Crippen molar-refractivity contribution in [2.24, 2.45) is 7.05 Å². The minimum absolute atomic E-state index is 0.337. The fourth-order valence-corrected chi connectivity index (χ4v) is 2.98. The van der Waals surface area contributed by atoms with Crippen molar-refractivity contribution in [3.8, 4) is 11.4 Å². The molecule has 3 rings (SSSR count). The van der Waals surface area contributed by atoms with Crippen molar-refractivity contribution >= 4 is 11.0 Å². The number of hydrogen-bond donors (Lipinski definition) is 0. The number of fused-ring (bicyclic) bond motifs is 1. The molecule has 1 heterocycles. The van der Waals surface area contributed by atoms with Crippen molar-refractivity contribution in [2.75, 3.05) is 0 Å². The lowest BCUT2D eigenvalue weighted by Crippen LogP contribution is -2.38. The molecule has 2 nitrogen and oxygen atoms in total. The molecule has 0 aliphatic carbocycles. The molecule has 108 valence electrons. The van der Waals surface area contributed by atoms with E-state index < -0.39 is 12.9 Å². The van der Waals surface area contributed by atoms with Crippen LogP contribution in [0, 0.1) is 13.8 Å². The Balaban J connectivity index is 2.35. The van der Waals surface area contributed by atoms with Crippen LogP contribution in [0.15, 0.2) is 42.5 Å². The summed E-state index contributed by atoms with van der Waals surface area (Å²) < 4.78 is 35.5. The van der Waals surface area contributed by atoms with Gasteiger partial charge in [0.2, 0.25) is 0 Å². The molecule has 2 aromatic carbocycles. The third-order valence-electron chi connectivity index (χ3n) is 3.93. The number of nitrogens with zero attached hydrogens (tertiary/aromatic N) is 2. The van der Waals surface area contributed by atoms with Crippen molar-refractivity contribution in [1.82, 2.24) is 4.57 Å². The Morgan fingerprint density at radius 3 is 2.62 bits per heavy atom. The number of rotatable bonds is 2. The molecule has 21 heavy (non-hydrogen) atoms. The number of imidazole rings is 1. The van der Waals surface area contributed by atoms with Crippen LogP contribution >= 0.6 is 0 Å². The molecule has 2 heteroatoms. The largest absolute Gasteiger partial charge is 0.290 e. The molecular weight excluding hydrogens is 256 g/mol. The quantitative estimate of drug-likeness (QED) is 0.619. The Hall–Kier alpha value is -2.09. The summed E-state index contributed by atoms with van der Waals surface area (Å²) in [6, 6.07) is 12.4. The van der Waals surface area contributed by atoms with Crippen LogP contribution in [0.1, 0.15) is 36.5 Å². The van der Waals surface area contributed by atoms with Gasteiger partial charge in [-0.05, 0) is 51.4 Å². The number of hydrogen-bond acceptors (Lipinski definition) is 0. The van der Waals surface area contributed by atoms with Crippen LogP contribution in [0.2, 0.25) is 0 Å². The van der Waals surface area contributed by atoms with E-state index in [1.807, 2.05) is 62.7 Å². The van der Waals surface area contributed by atoms with E-state index in [-0.39, 0.29) is 0 Å². The van der Waals surface area contributed by atoms with E-state index in [1.54, 1.807) is 12.1 Å². The van der Waals surface area contributed by atoms with Gasteiger partial charge in [-0.15, -0.1) is 0 Å². The molecule has 1 aromatic heterocycles. The number of para-hydroxylation sites is 2.